The van der Waals surface area contributed by atoms with Crippen LogP contribution in [-0.4, -0.2) is 37.4 Å². The van der Waals surface area contributed by atoms with Crippen molar-refractivity contribution in [2.24, 2.45) is 10.1 Å². The number of benzene rings is 1. The highest BCUT2D eigenvalue weighted by Crippen LogP contribution is 2.32. The molecule has 1 heterocycles. The fraction of sp³-hybridized carbons (Fsp3) is 0.500. The van der Waals surface area contributed by atoms with E-state index in [1.54, 1.807) is 45.0 Å². The van der Waals surface area contributed by atoms with Crippen LogP contribution >= 0.6 is 0 Å². The fourth-order valence-corrected chi connectivity index (χ4v) is 2.33. The Hall–Kier alpha value is -2.64. The van der Waals surface area contributed by atoms with Gasteiger partial charge in [0.2, 0.25) is 0 Å². The molecular weight excluding hydrogens is 329 g/mol. The molecule has 0 saturated carbocycles. The lowest BCUT2D eigenvalue weighted by Crippen LogP contribution is -2.46. The highest BCUT2D eigenvalue weighted by Gasteiger charge is 2.36. The van der Waals surface area contributed by atoms with Gasteiger partial charge in [0.15, 0.2) is 0 Å². The van der Waals surface area contributed by atoms with E-state index in [4.69, 9.17) is 15.0 Å². The van der Waals surface area contributed by atoms with Crippen LogP contribution in [-0.2, 0) is 15.0 Å². The zero-order valence-corrected chi connectivity index (χ0v) is 14.3. The molecule has 2 rings (SSSR count). The summed E-state index contributed by atoms with van der Waals surface area (Å²) >= 11 is 0. The van der Waals surface area contributed by atoms with Crippen molar-refractivity contribution >= 4 is 17.6 Å². The molecule has 1 aliphatic rings. The summed E-state index contributed by atoms with van der Waals surface area (Å²) in [4.78, 5) is 18.9. The molecule has 0 radical (unpaired) electrons. The average Bonchev–Trinajstić information content (AvgIpc) is 2.53. The Labute approximate surface area is 144 Å². The summed E-state index contributed by atoms with van der Waals surface area (Å²) in [6.07, 6.45) is -0.688. The number of hydrogen-bond donors (Lipinski definition) is 1. The Kier molecular flexibility index (Phi) is 5.61. The first kappa shape index (κ1) is 18.7. The first-order chi connectivity index (χ1) is 11.8. The molecule has 1 unspecified atom stereocenters. The maximum Gasteiger partial charge on any atom is 0.413 e. The fourth-order valence-electron chi connectivity index (χ4n) is 2.33. The van der Waals surface area contributed by atoms with Crippen molar-refractivity contribution in [2.45, 2.75) is 31.9 Å². The third kappa shape index (κ3) is 4.91. The van der Waals surface area contributed by atoms with Crippen molar-refractivity contribution in [1.29, 1.82) is 0 Å². The van der Waals surface area contributed by atoms with Gasteiger partial charge in [-0.2, -0.15) is 0 Å². The molecule has 0 fully saturated rings. The molecule has 8 nitrogen and oxygen atoms in total. The Morgan fingerprint density at radius 3 is 2.96 bits per heavy atom. The second kappa shape index (κ2) is 7.50. The second-order valence-corrected chi connectivity index (χ2v) is 6.58. The number of nitrogens with zero attached hydrogens (tertiary/aromatic N) is 4. The SMILES string of the molecule is CC(C)(C)OC(=O)NC1=NC(CF)(c2cccc(N=[N+]=[N-])c2)COC1. The van der Waals surface area contributed by atoms with E-state index in [0.717, 1.165) is 0 Å². The molecule has 0 spiro atoms. The van der Waals surface area contributed by atoms with Gasteiger partial charge in [0.05, 0.1) is 6.61 Å². The van der Waals surface area contributed by atoms with Crippen molar-refractivity contribution in [2.75, 3.05) is 19.9 Å². The van der Waals surface area contributed by atoms with Crippen LogP contribution < -0.4 is 5.32 Å². The van der Waals surface area contributed by atoms with Crippen LogP contribution in [0.3, 0.4) is 0 Å². The van der Waals surface area contributed by atoms with Crippen molar-refractivity contribution in [1.82, 2.24) is 5.32 Å². The monoisotopic (exact) mass is 349 g/mol. The number of aliphatic imine (C=N–C) groups is 1. The lowest BCUT2D eigenvalue weighted by atomic mass is 9.91. The predicted octanol–water partition coefficient (Wildman–Crippen LogP) is 3.75. The summed E-state index contributed by atoms with van der Waals surface area (Å²) in [6, 6.07) is 6.45. The molecule has 9 heteroatoms. The molecule has 0 saturated heterocycles. The molecule has 1 N–H and O–H groups in total. The van der Waals surface area contributed by atoms with Gasteiger partial charge in [-0.05, 0) is 37.9 Å². The van der Waals surface area contributed by atoms with Gasteiger partial charge < -0.3 is 9.47 Å². The maximum atomic E-state index is 13.9. The van der Waals surface area contributed by atoms with Crippen LogP contribution in [0.15, 0.2) is 34.4 Å². The minimum absolute atomic E-state index is 0.00270. The first-order valence-corrected chi connectivity index (χ1v) is 7.66. The van der Waals surface area contributed by atoms with Crippen LogP contribution in [0.1, 0.15) is 26.3 Å². The molecule has 134 valence electrons. The maximum absolute atomic E-state index is 13.9. The van der Waals surface area contributed by atoms with Gasteiger partial charge in [-0.3, -0.25) is 10.3 Å². The minimum Gasteiger partial charge on any atom is -0.444 e. The van der Waals surface area contributed by atoms with Crippen LogP contribution in [0.2, 0.25) is 0 Å². The average molecular weight is 349 g/mol. The number of halogens is 1. The second-order valence-electron chi connectivity index (χ2n) is 6.58. The zero-order valence-electron chi connectivity index (χ0n) is 14.3. The van der Waals surface area contributed by atoms with Gasteiger partial charge in [0, 0.05) is 10.6 Å². The van der Waals surface area contributed by atoms with E-state index >= 15 is 0 Å². The minimum atomic E-state index is -1.32. The van der Waals surface area contributed by atoms with E-state index in [1.807, 2.05) is 0 Å². The van der Waals surface area contributed by atoms with Crippen molar-refractivity contribution < 1.29 is 18.7 Å². The van der Waals surface area contributed by atoms with E-state index in [0.29, 0.717) is 11.3 Å². The van der Waals surface area contributed by atoms with Gasteiger partial charge >= 0.3 is 6.09 Å². The van der Waals surface area contributed by atoms with Crippen LogP contribution in [0, 0.1) is 0 Å². The van der Waals surface area contributed by atoms with Gasteiger partial charge in [-0.25, -0.2) is 9.18 Å². The topological polar surface area (TPSA) is 109 Å². The third-order valence-electron chi connectivity index (χ3n) is 3.34. The van der Waals surface area contributed by atoms with E-state index in [9.17, 15) is 9.18 Å². The summed E-state index contributed by atoms with van der Waals surface area (Å²) in [5.74, 6) is 0.173. The quantitative estimate of drug-likeness (QED) is 0.510. The summed E-state index contributed by atoms with van der Waals surface area (Å²) < 4.78 is 24.5. The molecule has 1 amide bonds. The van der Waals surface area contributed by atoms with Crippen LogP contribution in [0.4, 0.5) is 14.9 Å². The predicted molar refractivity (Wildman–Crippen MR) is 90.5 cm³/mol. The number of alkyl carbamates (subject to hydrolysis) is 1. The van der Waals surface area contributed by atoms with Crippen molar-refractivity contribution in [3.05, 3.63) is 40.3 Å². The number of carbonyl (C=O) groups excluding carboxylic acids is 1. The van der Waals surface area contributed by atoms with Crippen LogP contribution in [0.25, 0.3) is 10.4 Å². The van der Waals surface area contributed by atoms with Crippen molar-refractivity contribution in [3.63, 3.8) is 0 Å². The number of amidine groups is 1. The van der Waals surface area contributed by atoms with Gasteiger partial charge in [-0.1, -0.05) is 23.3 Å². The Morgan fingerprint density at radius 2 is 2.32 bits per heavy atom. The highest BCUT2D eigenvalue weighted by molar-refractivity contribution is 5.96. The van der Waals surface area contributed by atoms with Gasteiger partial charge in [0.25, 0.3) is 0 Å². The summed E-state index contributed by atoms with van der Waals surface area (Å²) in [5.41, 5.74) is 7.40. The van der Waals surface area contributed by atoms with Crippen molar-refractivity contribution in [3.8, 4) is 0 Å². The molecular formula is C16H20FN5O3. The Morgan fingerprint density at radius 1 is 1.56 bits per heavy atom. The van der Waals surface area contributed by atoms with E-state index in [1.165, 1.54) is 0 Å². The molecule has 0 bridgehead atoms. The number of carbonyl (C=O) groups is 1. The highest BCUT2D eigenvalue weighted by atomic mass is 19.1. The standard InChI is InChI=1S/C16H20FN5O3/c1-15(2,3)25-14(23)19-13-8-24-10-16(9-17,20-13)11-5-4-6-12(7-11)21-22-18/h4-7H,8-10H2,1-3H3,(H,19,20,23). The van der Waals surface area contributed by atoms with E-state index in [2.05, 4.69) is 20.3 Å². The molecule has 1 aromatic rings. The van der Waals surface area contributed by atoms with E-state index in [-0.39, 0.29) is 19.0 Å². The number of nitrogens with one attached hydrogen (secondary N) is 1. The number of ether oxygens (including phenoxy) is 2. The molecule has 1 aliphatic heterocycles. The molecule has 0 aromatic heterocycles. The number of amides is 1. The number of rotatable bonds is 3. The smallest absolute Gasteiger partial charge is 0.413 e. The number of azide groups is 1. The zero-order chi connectivity index (χ0) is 18.5. The first-order valence-electron chi connectivity index (χ1n) is 7.66. The lowest BCUT2D eigenvalue weighted by molar-refractivity contribution is 0.0530. The summed E-state index contributed by atoms with van der Waals surface area (Å²) in [5, 5.41) is 6.00. The largest absolute Gasteiger partial charge is 0.444 e. The Balaban J connectivity index is 2.29. The van der Waals surface area contributed by atoms with Gasteiger partial charge in [0.1, 0.15) is 30.3 Å². The van der Waals surface area contributed by atoms with E-state index < -0.39 is 23.9 Å². The molecule has 0 aliphatic carbocycles. The summed E-state index contributed by atoms with van der Waals surface area (Å²) in [6.45, 7) is 4.41. The molecule has 1 aromatic carbocycles. The summed E-state index contributed by atoms with van der Waals surface area (Å²) in [7, 11) is 0. The molecule has 25 heavy (non-hydrogen) atoms. The van der Waals surface area contributed by atoms with Crippen LogP contribution in [0.5, 0.6) is 0 Å². The lowest BCUT2D eigenvalue weighted by Gasteiger charge is -2.32. The van der Waals surface area contributed by atoms with Gasteiger partial charge in [-0.15, -0.1) is 0 Å². The third-order valence-corrected chi connectivity index (χ3v) is 3.34. The number of alkyl halides is 1. The normalized spacial score (nSPS) is 20.2. The molecule has 1 atom stereocenters. The number of hydrogen-bond acceptors (Lipinski definition) is 5. The Bertz CT molecular complexity index is 725.